The first-order valence-electron chi connectivity index (χ1n) is 8.21. The first-order chi connectivity index (χ1) is 11.6. The summed E-state index contributed by atoms with van der Waals surface area (Å²) in [4.78, 5) is 15.8. The van der Waals surface area contributed by atoms with Crippen LogP contribution in [0, 0.1) is 0 Å². The summed E-state index contributed by atoms with van der Waals surface area (Å²) in [6.45, 7) is 3.06. The first-order valence-corrected chi connectivity index (χ1v) is 9.40. The Morgan fingerprint density at radius 1 is 1.16 bits per heavy atom. The molecule has 25 heavy (non-hydrogen) atoms. The Bertz CT molecular complexity index is 729. The highest BCUT2D eigenvalue weighted by atomic mass is 35.5. The largest absolute Gasteiger partial charge is 0.443 e. The van der Waals surface area contributed by atoms with Crippen molar-refractivity contribution in [3.05, 3.63) is 40.7 Å². The van der Waals surface area contributed by atoms with Crippen LogP contribution in [0.5, 0.6) is 0 Å². The van der Waals surface area contributed by atoms with Crippen molar-refractivity contribution < 1.29 is 9.53 Å². The molecule has 0 atom stereocenters. The minimum absolute atomic E-state index is 0. The van der Waals surface area contributed by atoms with Gasteiger partial charge in [-0.3, -0.25) is 5.32 Å². The third kappa shape index (κ3) is 3.95. The quantitative estimate of drug-likeness (QED) is 0.764. The molecule has 0 unspecified atom stereocenters. The number of rotatable bonds is 3. The number of nitrogens with one attached hydrogen (secondary N) is 1. The molecule has 1 amide bonds. The van der Waals surface area contributed by atoms with Crippen LogP contribution < -0.4 is 5.32 Å². The number of anilines is 1. The summed E-state index contributed by atoms with van der Waals surface area (Å²) in [5.74, 6) is 0. The number of nitrogens with zero attached hydrogens (tertiary/aromatic N) is 1. The Morgan fingerprint density at radius 3 is 2.44 bits per heavy atom. The zero-order valence-electron chi connectivity index (χ0n) is 13.7. The number of ether oxygens (including phenoxy) is 1. The predicted octanol–water partition coefficient (Wildman–Crippen LogP) is 5.28. The van der Waals surface area contributed by atoms with Crippen LogP contribution in [0.15, 0.2) is 36.4 Å². The van der Waals surface area contributed by atoms with Gasteiger partial charge in [0.2, 0.25) is 0 Å². The molecule has 4 nitrogen and oxygen atoms in total. The molecular weight excluding hydrogens is 379 g/mol. The van der Waals surface area contributed by atoms with Gasteiger partial charge in [-0.25, -0.2) is 4.79 Å². The molecule has 3 aliphatic heterocycles. The monoisotopic (exact) mass is 398 g/mol. The number of carbonyl (C=O) groups excluding carboxylic acids is 1. The number of amides is 1. The number of halogens is 2. The van der Waals surface area contributed by atoms with Crippen LogP contribution in [0.2, 0.25) is 4.34 Å². The second-order valence-corrected chi connectivity index (χ2v) is 8.13. The Labute approximate surface area is 162 Å². The molecule has 134 valence electrons. The number of carbonyl (C=O) groups is 1. The zero-order chi connectivity index (χ0) is 16.6. The lowest BCUT2D eigenvalue weighted by atomic mass is 9.83. The third-order valence-corrected chi connectivity index (χ3v) is 6.25. The second kappa shape index (κ2) is 7.54. The van der Waals surface area contributed by atoms with Gasteiger partial charge in [0.25, 0.3) is 0 Å². The number of hydrogen-bond acceptors (Lipinski definition) is 4. The van der Waals surface area contributed by atoms with Crippen LogP contribution in [0.3, 0.4) is 0 Å². The van der Waals surface area contributed by atoms with E-state index in [1.54, 1.807) is 6.07 Å². The Kier molecular flexibility index (Phi) is 5.58. The van der Waals surface area contributed by atoms with Gasteiger partial charge in [-0.2, -0.15) is 0 Å². The molecule has 5 rings (SSSR count). The van der Waals surface area contributed by atoms with E-state index in [1.165, 1.54) is 11.3 Å². The predicted molar refractivity (Wildman–Crippen MR) is 105 cm³/mol. The van der Waals surface area contributed by atoms with Crippen LogP contribution in [-0.4, -0.2) is 36.2 Å². The van der Waals surface area contributed by atoms with E-state index in [9.17, 15) is 4.79 Å². The van der Waals surface area contributed by atoms with Crippen molar-refractivity contribution in [2.45, 2.75) is 24.9 Å². The van der Waals surface area contributed by atoms with Gasteiger partial charge in [0.1, 0.15) is 5.60 Å². The summed E-state index contributed by atoms with van der Waals surface area (Å²) in [6, 6.07) is 11.7. The molecule has 3 saturated heterocycles. The van der Waals surface area contributed by atoms with Gasteiger partial charge in [0.15, 0.2) is 0 Å². The average Bonchev–Trinajstić information content (AvgIpc) is 2.97. The number of benzene rings is 1. The van der Waals surface area contributed by atoms with Gasteiger partial charge < -0.3 is 9.64 Å². The highest BCUT2D eigenvalue weighted by molar-refractivity contribution is 7.20. The van der Waals surface area contributed by atoms with E-state index in [0.29, 0.717) is 10.0 Å². The SMILES string of the molecule is Cl.O=C(Nc1cc(Cl)sc1-c1ccccc1)OC12CCN(CC1)CC2. The van der Waals surface area contributed by atoms with Gasteiger partial charge in [-0.05, 0) is 11.6 Å². The molecule has 3 fully saturated rings. The summed E-state index contributed by atoms with van der Waals surface area (Å²) in [7, 11) is 0. The number of hydrogen-bond donors (Lipinski definition) is 1. The van der Waals surface area contributed by atoms with Crippen LogP contribution in [0.4, 0.5) is 10.5 Å². The fraction of sp³-hybridized carbons (Fsp3) is 0.389. The van der Waals surface area contributed by atoms with Gasteiger partial charge in [-0.15, -0.1) is 23.7 Å². The highest BCUT2D eigenvalue weighted by Crippen LogP contribution is 2.40. The van der Waals surface area contributed by atoms with E-state index in [2.05, 4.69) is 10.2 Å². The van der Waals surface area contributed by atoms with Gasteiger partial charge >= 0.3 is 6.09 Å². The van der Waals surface area contributed by atoms with Crippen LogP contribution >= 0.6 is 35.3 Å². The summed E-state index contributed by atoms with van der Waals surface area (Å²) in [5, 5.41) is 2.90. The van der Waals surface area contributed by atoms with Crippen LogP contribution in [0.1, 0.15) is 19.3 Å². The van der Waals surface area contributed by atoms with Crippen LogP contribution in [0.25, 0.3) is 10.4 Å². The molecule has 0 spiro atoms. The maximum atomic E-state index is 12.5. The number of thiophene rings is 1. The van der Waals surface area contributed by atoms with E-state index in [4.69, 9.17) is 16.3 Å². The van der Waals surface area contributed by atoms with E-state index >= 15 is 0 Å². The van der Waals surface area contributed by atoms with Gasteiger partial charge in [-0.1, -0.05) is 41.9 Å². The standard InChI is InChI=1S/C18H19ClN2O2S.ClH/c19-15-12-14(16(24-15)13-4-2-1-3-5-13)20-17(22)23-18-6-9-21(10-7-18)11-8-18;/h1-5,12H,6-11H2,(H,20,22);1H. The fourth-order valence-electron chi connectivity index (χ4n) is 3.54. The molecule has 3 aliphatic rings. The van der Waals surface area contributed by atoms with Crippen molar-refractivity contribution >= 4 is 47.1 Å². The minimum atomic E-state index is -0.378. The molecule has 0 saturated carbocycles. The highest BCUT2D eigenvalue weighted by Gasteiger charge is 2.42. The third-order valence-electron chi connectivity index (χ3n) is 4.93. The zero-order valence-corrected chi connectivity index (χ0v) is 16.1. The Hall–Kier alpha value is -1.27. The average molecular weight is 399 g/mol. The lowest BCUT2D eigenvalue weighted by Gasteiger charge is -2.47. The molecule has 1 aromatic carbocycles. The lowest BCUT2D eigenvalue weighted by molar-refractivity contribution is -0.0742. The minimum Gasteiger partial charge on any atom is -0.443 e. The second-order valence-electron chi connectivity index (χ2n) is 6.45. The van der Waals surface area contributed by atoms with E-state index in [0.717, 1.165) is 49.3 Å². The smallest absolute Gasteiger partial charge is 0.412 e. The molecule has 0 aliphatic carbocycles. The summed E-state index contributed by atoms with van der Waals surface area (Å²) < 4.78 is 6.50. The molecule has 4 heterocycles. The van der Waals surface area contributed by atoms with Gasteiger partial charge in [0.05, 0.1) is 14.9 Å². The fourth-order valence-corrected chi connectivity index (χ4v) is 4.73. The molecule has 2 bridgehead atoms. The molecule has 7 heteroatoms. The number of fused-ring (bicyclic) bond motifs is 3. The molecule has 2 aromatic rings. The summed E-state index contributed by atoms with van der Waals surface area (Å²) in [6.07, 6.45) is 2.40. The van der Waals surface area contributed by atoms with Crippen molar-refractivity contribution in [1.29, 1.82) is 0 Å². The maximum absolute atomic E-state index is 12.5. The van der Waals surface area contributed by atoms with E-state index in [-0.39, 0.29) is 24.1 Å². The van der Waals surface area contributed by atoms with E-state index < -0.39 is 0 Å². The van der Waals surface area contributed by atoms with Crippen molar-refractivity contribution in [3.8, 4) is 10.4 Å². The normalized spacial score (nSPS) is 24.4. The lowest BCUT2D eigenvalue weighted by Crippen LogP contribution is -2.54. The first kappa shape index (κ1) is 18.5. The maximum Gasteiger partial charge on any atom is 0.412 e. The van der Waals surface area contributed by atoms with Crippen LogP contribution in [-0.2, 0) is 4.74 Å². The van der Waals surface area contributed by atoms with Gasteiger partial charge in [0, 0.05) is 38.9 Å². The summed E-state index contributed by atoms with van der Waals surface area (Å²) in [5.41, 5.74) is 1.46. The molecule has 0 radical (unpaired) electrons. The molecular formula is C18H20Cl2N2O2S. The topological polar surface area (TPSA) is 41.6 Å². The van der Waals surface area contributed by atoms with E-state index in [1.807, 2.05) is 30.3 Å². The summed E-state index contributed by atoms with van der Waals surface area (Å²) >= 11 is 7.63. The van der Waals surface area contributed by atoms with Crippen molar-refractivity contribution in [3.63, 3.8) is 0 Å². The van der Waals surface area contributed by atoms with Crippen molar-refractivity contribution in [1.82, 2.24) is 4.90 Å². The van der Waals surface area contributed by atoms with Crippen molar-refractivity contribution in [2.75, 3.05) is 25.0 Å². The Balaban J connectivity index is 0.00000182. The Morgan fingerprint density at radius 2 is 1.80 bits per heavy atom. The van der Waals surface area contributed by atoms with Crippen molar-refractivity contribution in [2.24, 2.45) is 0 Å². The molecule has 1 N–H and O–H groups in total. The molecule has 1 aromatic heterocycles. The number of piperidine rings is 3.